The van der Waals surface area contributed by atoms with Crippen LogP contribution in [-0.2, 0) is 43.3 Å². The van der Waals surface area contributed by atoms with Crippen molar-refractivity contribution >= 4 is 14.7 Å². The van der Waals surface area contributed by atoms with E-state index in [0.29, 0.717) is 13.1 Å². The maximum atomic E-state index is 12.9. The first-order chi connectivity index (χ1) is 12.3. The van der Waals surface area contributed by atoms with Crippen molar-refractivity contribution in [1.82, 2.24) is 4.90 Å². The molecule has 10 heteroatoms. The molecule has 0 aliphatic rings. The predicted molar refractivity (Wildman–Crippen MR) is 117 cm³/mol. The van der Waals surface area contributed by atoms with Crippen molar-refractivity contribution in [2.75, 3.05) is 12.3 Å². The molecule has 2 aromatic rings. The van der Waals surface area contributed by atoms with Crippen LogP contribution in [0.15, 0.2) is 60.7 Å². The van der Waals surface area contributed by atoms with Crippen molar-refractivity contribution in [1.29, 1.82) is 0 Å². The zero-order valence-electron chi connectivity index (χ0n) is 16.7. The quantitative estimate of drug-likeness (QED) is 0.331. The van der Waals surface area contributed by atoms with E-state index >= 15 is 0 Å². The average Bonchev–Trinajstić information content (AvgIpc) is 2.63. The molecule has 0 spiro atoms. The van der Waals surface area contributed by atoms with Crippen molar-refractivity contribution in [2.45, 2.75) is 32.5 Å². The Morgan fingerprint density at radius 1 is 0.759 bits per heavy atom. The van der Waals surface area contributed by atoms with Gasteiger partial charge in [0, 0.05) is 25.4 Å². The summed E-state index contributed by atoms with van der Waals surface area (Å²) in [4.78, 5) is 22.8. The van der Waals surface area contributed by atoms with E-state index in [9.17, 15) is 18.9 Å². The minimum absolute atomic E-state index is 0. The third-order valence-electron chi connectivity index (χ3n) is 4.41. The monoisotopic (exact) mass is 622 g/mol. The van der Waals surface area contributed by atoms with Crippen molar-refractivity contribution in [3.8, 4) is 0 Å². The second kappa shape index (κ2) is 13.6. The molecule has 166 valence electrons. The van der Waals surface area contributed by atoms with Crippen LogP contribution in [0.2, 0.25) is 0 Å². The van der Waals surface area contributed by atoms with Gasteiger partial charge in [-0.2, -0.15) is 0 Å². The van der Waals surface area contributed by atoms with Gasteiger partial charge in [-0.15, -0.1) is 0 Å². The molecule has 0 radical (unpaired) electrons. The van der Waals surface area contributed by atoms with Gasteiger partial charge in [-0.1, -0.05) is 74.5 Å². The predicted octanol–water partition coefficient (Wildman–Crippen LogP) is 5.98. The second-order valence-electron chi connectivity index (χ2n) is 6.37. The van der Waals surface area contributed by atoms with Crippen molar-refractivity contribution < 1.29 is 40.0 Å². The molecule has 0 aliphatic heterocycles. The molecule has 0 fully saturated rings. The summed E-state index contributed by atoms with van der Waals surface area (Å²) in [6.45, 7) is 3.84. The minimum Gasteiger partial charge on any atom is -0.693 e. The first-order valence-corrected chi connectivity index (χ1v) is 12.6. The largest absolute Gasteiger partial charge is 2.00 e. The Bertz CT molecular complexity index is 731. The molecular weight excluding hydrogens is 591 g/mol. The maximum Gasteiger partial charge on any atom is 2.00 e. The van der Waals surface area contributed by atoms with Crippen LogP contribution in [-0.4, -0.2) is 32.5 Å². The van der Waals surface area contributed by atoms with E-state index in [4.69, 9.17) is 0 Å². The van der Waals surface area contributed by atoms with Gasteiger partial charge < -0.3 is 22.1 Å². The molecular formula is C19H31N3O4P2Pt. The van der Waals surface area contributed by atoms with Gasteiger partial charge in [0.2, 0.25) is 14.7 Å². The van der Waals surface area contributed by atoms with E-state index in [1.54, 1.807) is 18.7 Å². The number of benzene rings is 2. The summed E-state index contributed by atoms with van der Waals surface area (Å²) in [6, 6.07) is 19.0. The Morgan fingerprint density at radius 3 is 1.34 bits per heavy atom. The summed E-state index contributed by atoms with van der Waals surface area (Å²) in [5, 5.41) is 0. The van der Waals surface area contributed by atoms with E-state index in [2.05, 4.69) is 0 Å². The minimum atomic E-state index is -3.84. The zero-order valence-corrected chi connectivity index (χ0v) is 20.8. The van der Waals surface area contributed by atoms with Crippen molar-refractivity contribution in [2.24, 2.45) is 0 Å². The van der Waals surface area contributed by atoms with Crippen molar-refractivity contribution in [3.63, 3.8) is 0 Å². The average molecular weight is 623 g/mol. The molecule has 0 bridgehead atoms. The van der Waals surface area contributed by atoms with E-state index < -0.39 is 20.3 Å². The molecule has 0 amide bonds. The Labute approximate surface area is 188 Å². The topological polar surface area (TPSA) is 145 Å². The molecule has 2 rings (SSSR count). The number of hydrogen-bond donors (Lipinski definition) is 2. The molecule has 6 N–H and O–H groups in total. The summed E-state index contributed by atoms with van der Waals surface area (Å²) in [5.41, 5.74) is 0.590. The van der Waals surface area contributed by atoms with E-state index in [-0.39, 0.29) is 45.7 Å². The standard InChI is InChI=1S/C19H27NO4P2.2H2N.Pt/c1-3-25(21,22)19(26(23,24)4-2)20(15-17-11-7-5-8-12-17)16-18-13-9-6-10-14-18;;;/h5-14,19H,3-4,15-16H2,1-2H3,(H,21,22)(H,23,24);2*1H2;/q;2*-1;+2. The summed E-state index contributed by atoms with van der Waals surface area (Å²) in [7, 11) is -7.68. The van der Waals surface area contributed by atoms with E-state index in [0.717, 1.165) is 11.1 Å². The molecule has 7 nitrogen and oxygen atoms in total. The molecule has 2 unspecified atom stereocenters. The van der Waals surface area contributed by atoms with E-state index in [1.165, 1.54) is 0 Å². The fourth-order valence-corrected chi connectivity index (χ4v) is 8.21. The van der Waals surface area contributed by atoms with Gasteiger partial charge in [-0.3, -0.25) is 14.0 Å². The third-order valence-corrected chi connectivity index (χ3v) is 10.5. The second-order valence-corrected chi connectivity index (χ2v) is 12.0. The van der Waals surface area contributed by atoms with Crippen molar-refractivity contribution in [3.05, 3.63) is 84.1 Å². The van der Waals surface area contributed by atoms with Crippen LogP contribution in [0.5, 0.6) is 0 Å². The van der Waals surface area contributed by atoms with E-state index in [1.807, 2.05) is 60.7 Å². The Balaban J connectivity index is 0. The molecule has 0 aliphatic carbocycles. The van der Waals surface area contributed by atoms with Crippen LogP contribution in [0.3, 0.4) is 0 Å². The van der Waals surface area contributed by atoms with Crippen LogP contribution in [0.1, 0.15) is 25.0 Å². The van der Waals surface area contributed by atoms with Gasteiger partial charge in [0.25, 0.3) is 0 Å². The van der Waals surface area contributed by atoms with Gasteiger partial charge >= 0.3 is 21.1 Å². The summed E-state index contributed by atoms with van der Waals surface area (Å²) in [6.07, 6.45) is -0.0788. The van der Waals surface area contributed by atoms with Crippen LogP contribution in [0.4, 0.5) is 0 Å². The van der Waals surface area contributed by atoms with Crippen LogP contribution >= 0.6 is 14.7 Å². The molecule has 29 heavy (non-hydrogen) atoms. The smallest absolute Gasteiger partial charge is 0.693 e. The summed E-state index contributed by atoms with van der Waals surface area (Å²) >= 11 is 0. The summed E-state index contributed by atoms with van der Waals surface area (Å²) < 4.78 is 25.8. The SMILES string of the molecule is CCP(=O)(O)C(N(Cc1ccccc1)Cc1ccccc1)P(=O)(O)CC.[NH2-].[NH2-].[Pt+2]. The first kappa shape index (κ1) is 30.6. The van der Waals surface area contributed by atoms with Gasteiger partial charge in [0.15, 0.2) is 5.52 Å². The zero-order chi connectivity index (χ0) is 19.2. The number of rotatable bonds is 9. The Morgan fingerprint density at radius 2 is 1.07 bits per heavy atom. The van der Waals surface area contributed by atoms with Crippen LogP contribution < -0.4 is 0 Å². The third kappa shape index (κ3) is 8.57. The first-order valence-electron chi connectivity index (χ1n) is 8.75. The number of nitrogens with two attached hydrogens (primary N) is 2. The molecule has 2 atom stereocenters. The molecule has 2 aromatic carbocycles. The molecule has 0 saturated heterocycles. The van der Waals surface area contributed by atoms with Crippen LogP contribution in [0.25, 0.3) is 12.3 Å². The molecule has 0 saturated carbocycles. The number of hydrogen-bond acceptors (Lipinski definition) is 3. The van der Waals surface area contributed by atoms with Gasteiger partial charge in [0.1, 0.15) is 0 Å². The Kier molecular flexibility index (Phi) is 14.4. The maximum absolute atomic E-state index is 12.9. The normalized spacial score (nSPS) is 15.6. The van der Waals surface area contributed by atoms with Crippen LogP contribution in [0, 0.1) is 0 Å². The Hall–Kier alpha value is -0.612. The molecule has 0 aromatic heterocycles. The number of nitrogens with zero attached hydrogens (tertiary/aromatic N) is 1. The fourth-order valence-electron chi connectivity index (χ4n) is 2.97. The molecule has 0 heterocycles. The van der Waals surface area contributed by atoms with Gasteiger partial charge in [0.05, 0.1) is 0 Å². The summed E-state index contributed by atoms with van der Waals surface area (Å²) in [5.74, 6) is 0. The van der Waals surface area contributed by atoms with Gasteiger partial charge in [-0.05, 0) is 11.1 Å². The van der Waals surface area contributed by atoms with Gasteiger partial charge in [-0.25, -0.2) is 0 Å². The fraction of sp³-hybridized carbons (Fsp3) is 0.368.